The van der Waals surface area contributed by atoms with Gasteiger partial charge < -0.3 is 15.0 Å². The molecule has 2 unspecified atom stereocenters. The SMILES string of the molecule is CCNC(C)(CC(C)N(CC(C)C)CC(C)C)C(=O)OC. The maximum absolute atomic E-state index is 12.1. The lowest BCUT2D eigenvalue weighted by atomic mass is 9.92. The minimum Gasteiger partial charge on any atom is -0.468 e. The Morgan fingerprint density at radius 1 is 1.14 bits per heavy atom. The lowest BCUT2D eigenvalue weighted by Crippen LogP contribution is -2.54. The minimum absolute atomic E-state index is 0.176. The largest absolute Gasteiger partial charge is 0.468 e. The van der Waals surface area contributed by atoms with E-state index in [2.05, 4.69) is 44.8 Å². The Morgan fingerprint density at radius 2 is 1.62 bits per heavy atom. The molecule has 4 nitrogen and oxygen atoms in total. The van der Waals surface area contributed by atoms with Crippen molar-refractivity contribution in [1.82, 2.24) is 10.2 Å². The summed E-state index contributed by atoms with van der Waals surface area (Å²) in [6.45, 7) is 18.0. The summed E-state index contributed by atoms with van der Waals surface area (Å²) in [6, 6.07) is 0.331. The standard InChI is InChI=1S/C17H36N2O2/c1-9-18-17(7,16(20)21-8)10-15(6)19(11-13(2)3)12-14(4)5/h13-15,18H,9-12H2,1-8H3. The quantitative estimate of drug-likeness (QED) is 0.630. The van der Waals surface area contributed by atoms with Gasteiger partial charge in [-0.15, -0.1) is 0 Å². The molecule has 0 heterocycles. The van der Waals surface area contributed by atoms with E-state index in [1.54, 1.807) is 0 Å². The third-order valence-electron chi connectivity index (χ3n) is 3.73. The highest BCUT2D eigenvalue weighted by Gasteiger charge is 2.36. The van der Waals surface area contributed by atoms with Gasteiger partial charge in [-0.2, -0.15) is 0 Å². The van der Waals surface area contributed by atoms with E-state index in [0.29, 0.717) is 17.9 Å². The van der Waals surface area contributed by atoms with Gasteiger partial charge in [-0.3, -0.25) is 4.79 Å². The Hall–Kier alpha value is -0.610. The molecular weight excluding hydrogens is 264 g/mol. The molecule has 21 heavy (non-hydrogen) atoms. The summed E-state index contributed by atoms with van der Waals surface area (Å²) in [5.74, 6) is 1.06. The van der Waals surface area contributed by atoms with Crippen LogP contribution in [-0.4, -0.2) is 49.2 Å². The first-order valence-corrected chi connectivity index (χ1v) is 8.23. The molecule has 0 fully saturated rings. The molecule has 0 aliphatic carbocycles. The summed E-state index contributed by atoms with van der Waals surface area (Å²) in [4.78, 5) is 14.6. The summed E-state index contributed by atoms with van der Waals surface area (Å²) >= 11 is 0. The summed E-state index contributed by atoms with van der Waals surface area (Å²) in [5.41, 5.74) is -0.616. The van der Waals surface area contributed by atoms with Crippen LogP contribution in [0.25, 0.3) is 0 Å². The van der Waals surface area contributed by atoms with Crippen molar-refractivity contribution in [2.45, 2.75) is 66.5 Å². The molecule has 4 heteroatoms. The Kier molecular flexibility index (Phi) is 9.14. The fraction of sp³-hybridized carbons (Fsp3) is 0.941. The number of nitrogens with zero attached hydrogens (tertiary/aromatic N) is 1. The van der Waals surface area contributed by atoms with E-state index in [-0.39, 0.29) is 5.97 Å². The van der Waals surface area contributed by atoms with Crippen LogP contribution in [0.4, 0.5) is 0 Å². The fourth-order valence-corrected chi connectivity index (χ4v) is 2.94. The van der Waals surface area contributed by atoms with Gasteiger partial charge >= 0.3 is 5.97 Å². The van der Waals surface area contributed by atoms with Crippen molar-refractivity contribution in [2.75, 3.05) is 26.7 Å². The van der Waals surface area contributed by atoms with Gasteiger partial charge in [0.1, 0.15) is 5.54 Å². The van der Waals surface area contributed by atoms with Crippen molar-refractivity contribution in [2.24, 2.45) is 11.8 Å². The molecule has 0 saturated heterocycles. The molecule has 0 aromatic heterocycles. The maximum Gasteiger partial charge on any atom is 0.325 e. The molecule has 0 aliphatic rings. The first-order chi connectivity index (χ1) is 9.66. The van der Waals surface area contributed by atoms with Gasteiger partial charge in [0.05, 0.1) is 7.11 Å². The Balaban J connectivity index is 4.96. The third-order valence-corrected chi connectivity index (χ3v) is 3.73. The van der Waals surface area contributed by atoms with Crippen LogP contribution in [0.3, 0.4) is 0 Å². The average Bonchev–Trinajstić information content (AvgIpc) is 2.35. The molecule has 1 N–H and O–H groups in total. The average molecular weight is 300 g/mol. The van der Waals surface area contributed by atoms with E-state index in [9.17, 15) is 4.79 Å². The van der Waals surface area contributed by atoms with Crippen LogP contribution in [0.1, 0.15) is 54.9 Å². The van der Waals surface area contributed by atoms with Crippen molar-refractivity contribution in [3.05, 3.63) is 0 Å². The molecular formula is C17H36N2O2. The van der Waals surface area contributed by atoms with E-state index in [1.165, 1.54) is 7.11 Å². The number of esters is 1. The Bertz CT molecular complexity index is 295. The van der Waals surface area contributed by atoms with Crippen LogP contribution in [0.5, 0.6) is 0 Å². The summed E-state index contributed by atoms with van der Waals surface area (Å²) in [5, 5.41) is 3.30. The van der Waals surface area contributed by atoms with E-state index < -0.39 is 5.54 Å². The van der Waals surface area contributed by atoms with Crippen LogP contribution >= 0.6 is 0 Å². The molecule has 126 valence electrons. The van der Waals surface area contributed by atoms with Crippen molar-refractivity contribution < 1.29 is 9.53 Å². The highest BCUT2D eigenvalue weighted by molar-refractivity contribution is 5.80. The van der Waals surface area contributed by atoms with Crippen LogP contribution in [0.15, 0.2) is 0 Å². The molecule has 2 atom stereocenters. The van der Waals surface area contributed by atoms with Crippen molar-refractivity contribution in [1.29, 1.82) is 0 Å². The number of hydrogen-bond donors (Lipinski definition) is 1. The van der Waals surface area contributed by atoms with Gasteiger partial charge in [0.2, 0.25) is 0 Å². The normalized spacial score (nSPS) is 16.3. The highest BCUT2D eigenvalue weighted by Crippen LogP contribution is 2.20. The molecule has 0 bridgehead atoms. The Labute approximate surface area is 131 Å². The van der Waals surface area contributed by atoms with Gasteiger partial charge in [0.25, 0.3) is 0 Å². The van der Waals surface area contributed by atoms with Crippen LogP contribution in [0.2, 0.25) is 0 Å². The van der Waals surface area contributed by atoms with Gasteiger partial charge in [-0.25, -0.2) is 0 Å². The van der Waals surface area contributed by atoms with Gasteiger partial charge in [-0.1, -0.05) is 34.6 Å². The molecule has 0 rings (SSSR count). The Morgan fingerprint density at radius 3 is 1.95 bits per heavy atom. The second-order valence-electron chi connectivity index (χ2n) is 7.15. The van der Waals surface area contributed by atoms with E-state index in [0.717, 1.165) is 26.1 Å². The van der Waals surface area contributed by atoms with Crippen LogP contribution < -0.4 is 5.32 Å². The summed E-state index contributed by atoms with van der Waals surface area (Å²) in [6.07, 6.45) is 0.757. The highest BCUT2D eigenvalue weighted by atomic mass is 16.5. The molecule has 0 aromatic rings. The minimum atomic E-state index is -0.616. The summed E-state index contributed by atoms with van der Waals surface area (Å²) in [7, 11) is 1.46. The fourth-order valence-electron chi connectivity index (χ4n) is 2.94. The van der Waals surface area contributed by atoms with Gasteiger partial charge in [0.15, 0.2) is 0 Å². The van der Waals surface area contributed by atoms with Crippen molar-refractivity contribution in [3.63, 3.8) is 0 Å². The maximum atomic E-state index is 12.1. The molecule has 0 spiro atoms. The first-order valence-electron chi connectivity index (χ1n) is 8.23. The van der Waals surface area contributed by atoms with Crippen LogP contribution in [0, 0.1) is 11.8 Å². The smallest absolute Gasteiger partial charge is 0.325 e. The van der Waals surface area contributed by atoms with Gasteiger partial charge in [-0.05, 0) is 38.6 Å². The number of hydrogen-bond acceptors (Lipinski definition) is 4. The number of carbonyl (C=O) groups excluding carboxylic acids is 1. The monoisotopic (exact) mass is 300 g/mol. The van der Waals surface area contributed by atoms with Crippen LogP contribution in [-0.2, 0) is 9.53 Å². The second-order valence-corrected chi connectivity index (χ2v) is 7.15. The first kappa shape index (κ1) is 20.4. The summed E-state index contributed by atoms with van der Waals surface area (Å²) < 4.78 is 4.99. The lowest BCUT2D eigenvalue weighted by molar-refractivity contribution is -0.148. The van der Waals surface area contributed by atoms with Crippen molar-refractivity contribution >= 4 is 5.97 Å². The van der Waals surface area contributed by atoms with E-state index in [1.807, 2.05) is 13.8 Å². The predicted molar refractivity (Wildman–Crippen MR) is 89.4 cm³/mol. The van der Waals surface area contributed by atoms with E-state index >= 15 is 0 Å². The third kappa shape index (κ3) is 7.28. The topological polar surface area (TPSA) is 41.6 Å². The number of likely N-dealkylation sites (N-methyl/N-ethyl adjacent to an activating group) is 1. The zero-order chi connectivity index (χ0) is 16.6. The molecule has 0 aliphatic heterocycles. The van der Waals surface area contributed by atoms with E-state index in [4.69, 9.17) is 4.74 Å². The lowest BCUT2D eigenvalue weighted by Gasteiger charge is -2.37. The zero-order valence-corrected chi connectivity index (χ0v) is 15.3. The number of rotatable bonds is 10. The predicted octanol–water partition coefficient (Wildman–Crippen LogP) is 2.92. The number of ether oxygens (including phenoxy) is 1. The second kappa shape index (κ2) is 9.42. The molecule has 0 saturated carbocycles. The molecule has 0 amide bonds. The number of methoxy groups -OCH3 is 1. The number of carbonyl (C=O) groups is 1. The van der Waals surface area contributed by atoms with Crippen molar-refractivity contribution in [3.8, 4) is 0 Å². The zero-order valence-electron chi connectivity index (χ0n) is 15.3. The number of nitrogens with one attached hydrogen (secondary N) is 1. The molecule has 0 radical (unpaired) electrons. The van der Waals surface area contributed by atoms with Gasteiger partial charge in [0, 0.05) is 19.1 Å². The molecule has 0 aromatic carbocycles.